The predicted molar refractivity (Wildman–Crippen MR) is 119 cm³/mol. The van der Waals surface area contributed by atoms with Gasteiger partial charge in [0.05, 0.1) is 34.1 Å². The minimum absolute atomic E-state index is 0. The van der Waals surface area contributed by atoms with Crippen molar-refractivity contribution in [1.82, 2.24) is 4.98 Å². The molecule has 0 radical (unpaired) electrons. The number of hydrogen-bond acceptors (Lipinski definition) is 5. The molecular formula is C25H22NNaO3S. The van der Waals surface area contributed by atoms with E-state index in [-0.39, 0.29) is 35.1 Å². The first kappa shape index (κ1) is 22.3. The standard InChI is InChI=1S/C25H23NO3S.Na/c1-14-10-11-20(29-13-16-6-5-7-16)22-18(25(27)28)12-19(26-23(14)22)24-15(2)17-8-3-4-9-21(17)30-24;/h3-4,8-12,16H,5-7,13H2,1-2H3,(H,27,28);/q;+1/p-1. The Balaban J connectivity index is 0.00000231. The number of nitrogens with zero attached hydrogens (tertiary/aromatic N) is 1. The van der Waals surface area contributed by atoms with E-state index >= 15 is 0 Å². The van der Waals surface area contributed by atoms with Crippen molar-refractivity contribution in [1.29, 1.82) is 0 Å². The van der Waals surface area contributed by atoms with Crippen LogP contribution in [0, 0.1) is 19.8 Å². The van der Waals surface area contributed by atoms with E-state index < -0.39 is 5.97 Å². The molecule has 6 heteroatoms. The van der Waals surface area contributed by atoms with Crippen LogP contribution in [0.5, 0.6) is 5.75 Å². The van der Waals surface area contributed by atoms with Crippen LogP contribution in [0.2, 0.25) is 0 Å². The fourth-order valence-corrected chi connectivity index (χ4v) is 5.30. The quantitative estimate of drug-likeness (QED) is 0.448. The second kappa shape index (κ2) is 8.91. The van der Waals surface area contributed by atoms with Gasteiger partial charge in [0.1, 0.15) is 5.75 Å². The molecule has 1 fully saturated rings. The van der Waals surface area contributed by atoms with Crippen molar-refractivity contribution in [3.63, 3.8) is 0 Å². The number of thiophene rings is 1. The Hall–Kier alpha value is -1.92. The summed E-state index contributed by atoms with van der Waals surface area (Å²) >= 11 is 1.63. The largest absolute Gasteiger partial charge is 1.00 e. The van der Waals surface area contributed by atoms with Gasteiger partial charge < -0.3 is 14.6 Å². The Morgan fingerprint density at radius 3 is 2.65 bits per heavy atom. The molecule has 4 aromatic rings. The summed E-state index contributed by atoms with van der Waals surface area (Å²) in [4.78, 5) is 18.0. The number of pyridine rings is 1. The molecule has 2 aromatic heterocycles. The molecule has 0 N–H and O–H groups in total. The molecule has 0 amide bonds. The second-order valence-electron chi connectivity index (χ2n) is 8.11. The molecule has 0 aliphatic heterocycles. The molecule has 5 rings (SSSR count). The fourth-order valence-electron chi connectivity index (χ4n) is 4.13. The molecule has 2 aromatic carbocycles. The van der Waals surface area contributed by atoms with Gasteiger partial charge in [-0.2, -0.15) is 0 Å². The van der Waals surface area contributed by atoms with Crippen LogP contribution in [0.15, 0.2) is 42.5 Å². The third-order valence-electron chi connectivity index (χ3n) is 6.12. The summed E-state index contributed by atoms with van der Waals surface area (Å²) in [6, 6.07) is 13.6. The Kier molecular flexibility index (Phi) is 6.40. The van der Waals surface area contributed by atoms with Gasteiger partial charge in [0, 0.05) is 10.3 Å². The monoisotopic (exact) mass is 439 g/mol. The maximum Gasteiger partial charge on any atom is 1.00 e. The van der Waals surface area contributed by atoms with Gasteiger partial charge in [-0.1, -0.05) is 30.7 Å². The number of aromatic carboxylic acids is 1. The summed E-state index contributed by atoms with van der Waals surface area (Å²) < 4.78 is 7.22. The zero-order chi connectivity index (χ0) is 20.8. The predicted octanol–water partition coefficient (Wildman–Crippen LogP) is 2.28. The number of carboxylic acids is 1. The number of rotatable bonds is 5. The number of fused-ring (bicyclic) bond motifs is 2. The van der Waals surface area contributed by atoms with E-state index in [2.05, 4.69) is 19.1 Å². The molecule has 0 atom stereocenters. The Morgan fingerprint density at radius 1 is 1.19 bits per heavy atom. The van der Waals surface area contributed by atoms with E-state index in [1.807, 2.05) is 31.2 Å². The maximum atomic E-state index is 12.1. The first-order valence-electron chi connectivity index (χ1n) is 10.3. The molecule has 31 heavy (non-hydrogen) atoms. The van der Waals surface area contributed by atoms with Crippen LogP contribution in [0.25, 0.3) is 31.6 Å². The van der Waals surface area contributed by atoms with Crippen LogP contribution >= 0.6 is 11.3 Å². The van der Waals surface area contributed by atoms with Crippen molar-refractivity contribution in [3.05, 3.63) is 59.2 Å². The first-order chi connectivity index (χ1) is 14.5. The van der Waals surface area contributed by atoms with Gasteiger partial charge in [0.15, 0.2) is 0 Å². The Bertz CT molecular complexity index is 1290. The van der Waals surface area contributed by atoms with Gasteiger partial charge >= 0.3 is 29.6 Å². The molecule has 0 spiro atoms. The summed E-state index contributed by atoms with van der Waals surface area (Å²) in [7, 11) is 0. The second-order valence-corrected chi connectivity index (χ2v) is 9.16. The van der Waals surface area contributed by atoms with Crippen LogP contribution in [0.1, 0.15) is 40.7 Å². The van der Waals surface area contributed by atoms with Gasteiger partial charge in [-0.3, -0.25) is 0 Å². The van der Waals surface area contributed by atoms with Crippen molar-refractivity contribution in [3.8, 4) is 16.3 Å². The smallest absolute Gasteiger partial charge is 0.545 e. The van der Waals surface area contributed by atoms with Crippen molar-refractivity contribution in [2.45, 2.75) is 33.1 Å². The molecule has 0 saturated heterocycles. The molecule has 1 aliphatic carbocycles. The number of benzene rings is 2. The summed E-state index contributed by atoms with van der Waals surface area (Å²) in [5.74, 6) is -0.0727. The molecule has 0 bridgehead atoms. The van der Waals surface area contributed by atoms with Crippen LogP contribution in [-0.4, -0.2) is 17.6 Å². The molecule has 2 heterocycles. The van der Waals surface area contributed by atoms with Crippen molar-refractivity contribution in [2.24, 2.45) is 5.92 Å². The number of carbonyl (C=O) groups excluding carboxylic acids is 1. The van der Waals surface area contributed by atoms with Crippen molar-refractivity contribution >= 4 is 38.3 Å². The molecule has 1 saturated carbocycles. The van der Waals surface area contributed by atoms with Crippen molar-refractivity contribution in [2.75, 3.05) is 6.61 Å². The Morgan fingerprint density at radius 2 is 1.97 bits per heavy atom. The first-order valence-corrected chi connectivity index (χ1v) is 11.1. The van der Waals surface area contributed by atoms with E-state index in [1.54, 1.807) is 17.4 Å². The third-order valence-corrected chi connectivity index (χ3v) is 7.41. The third kappa shape index (κ3) is 4.00. The normalized spacial score (nSPS) is 13.7. The SMILES string of the molecule is Cc1c(-c2cc(C(=O)[O-])c3c(OCC4CCC4)ccc(C)c3n2)sc2ccccc12.[Na+]. The van der Waals surface area contributed by atoms with E-state index in [0.29, 0.717) is 34.9 Å². The van der Waals surface area contributed by atoms with Crippen molar-refractivity contribution < 1.29 is 44.2 Å². The van der Waals surface area contributed by atoms with Gasteiger partial charge in [0.2, 0.25) is 0 Å². The van der Waals surface area contributed by atoms with Gasteiger partial charge in [0.25, 0.3) is 0 Å². The van der Waals surface area contributed by atoms with Gasteiger partial charge in [-0.05, 0) is 67.3 Å². The molecule has 1 aliphatic rings. The van der Waals surface area contributed by atoms with E-state index in [9.17, 15) is 9.90 Å². The van der Waals surface area contributed by atoms with Gasteiger partial charge in [-0.25, -0.2) is 4.98 Å². The van der Waals surface area contributed by atoms with Crippen LogP contribution in [0.4, 0.5) is 0 Å². The average molecular weight is 440 g/mol. The minimum Gasteiger partial charge on any atom is -0.545 e. The summed E-state index contributed by atoms with van der Waals surface area (Å²) in [6.45, 7) is 4.62. The molecule has 0 unspecified atom stereocenters. The van der Waals surface area contributed by atoms with Crippen LogP contribution in [0.3, 0.4) is 0 Å². The Labute approximate surface area is 207 Å². The molecule has 4 nitrogen and oxygen atoms in total. The summed E-state index contributed by atoms with van der Waals surface area (Å²) in [5, 5.41) is 13.8. The maximum absolute atomic E-state index is 12.1. The topological polar surface area (TPSA) is 62.2 Å². The van der Waals surface area contributed by atoms with Crippen LogP contribution < -0.4 is 39.4 Å². The molecule has 152 valence electrons. The number of aromatic nitrogens is 1. The minimum atomic E-state index is -1.21. The zero-order valence-electron chi connectivity index (χ0n) is 18.0. The number of carbonyl (C=O) groups is 1. The molecular weight excluding hydrogens is 417 g/mol. The average Bonchev–Trinajstić information content (AvgIpc) is 3.04. The number of ether oxygens (including phenoxy) is 1. The van der Waals surface area contributed by atoms with Gasteiger partial charge in [-0.15, -0.1) is 11.3 Å². The summed E-state index contributed by atoms with van der Waals surface area (Å²) in [5.41, 5.74) is 3.50. The van der Waals surface area contributed by atoms with Crippen LogP contribution in [-0.2, 0) is 0 Å². The number of aryl methyl sites for hydroxylation is 2. The summed E-state index contributed by atoms with van der Waals surface area (Å²) in [6.07, 6.45) is 3.59. The number of hydrogen-bond donors (Lipinski definition) is 0. The fraction of sp³-hybridized carbons (Fsp3) is 0.280. The van der Waals surface area contributed by atoms with E-state index in [1.165, 1.54) is 24.6 Å². The van der Waals surface area contributed by atoms with E-state index in [0.717, 1.165) is 20.7 Å². The van der Waals surface area contributed by atoms with E-state index in [4.69, 9.17) is 9.72 Å². The number of carboxylic acid groups (broad SMARTS) is 1. The zero-order valence-corrected chi connectivity index (χ0v) is 20.8.